The van der Waals surface area contributed by atoms with Crippen LogP contribution in [0.1, 0.15) is 22.3 Å². The number of hydrogen-bond acceptors (Lipinski definition) is 2. The van der Waals surface area contributed by atoms with E-state index in [4.69, 9.17) is 4.74 Å². The van der Waals surface area contributed by atoms with Crippen molar-refractivity contribution in [2.24, 2.45) is 0 Å². The molecule has 138 valence electrons. The highest BCUT2D eigenvalue weighted by molar-refractivity contribution is 5.77. The van der Waals surface area contributed by atoms with Gasteiger partial charge >= 0.3 is 0 Å². The normalized spacial score (nSPS) is 10.4. The number of hydrogen-bond donors (Lipinski definition) is 0. The molecule has 0 aliphatic rings. The molecule has 0 bridgehead atoms. The lowest BCUT2D eigenvalue weighted by atomic mass is 10.1. The molecule has 3 nitrogen and oxygen atoms in total. The van der Waals surface area contributed by atoms with Crippen molar-refractivity contribution in [1.29, 1.82) is 0 Å². The molecule has 0 aliphatic heterocycles. The van der Waals surface area contributed by atoms with Crippen LogP contribution in [0.5, 0.6) is 5.75 Å². The third-order valence-corrected chi connectivity index (χ3v) is 4.69. The van der Waals surface area contributed by atoms with E-state index < -0.39 is 0 Å². The first kappa shape index (κ1) is 18.7. The third kappa shape index (κ3) is 5.20. The molecule has 0 saturated carbocycles. The molecule has 27 heavy (non-hydrogen) atoms. The van der Waals surface area contributed by atoms with Gasteiger partial charge in [-0.2, -0.15) is 0 Å². The van der Waals surface area contributed by atoms with Gasteiger partial charge in [-0.3, -0.25) is 4.79 Å². The van der Waals surface area contributed by atoms with E-state index in [1.807, 2.05) is 97.6 Å². The summed E-state index contributed by atoms with van der Waals surface area (Å²) in [6, 6.07) is 26.0. The minimum atomic E-state index is -0.0244. The van der Waals surface area contributed by atoms with E-state index in [1.54, 1.807) is 0 Å². The summed E-state index contributed by atoms with van der Waals surface area (Å²) < 4.78 is 5.84. The van der Waals surface area contributed by atoms with Crippen molar-refractivity contribution < 1.29 is 9.53 Å². The molecular weight excluding hydrogens is 334 g/mol. The van der Waals surface area contributed by atoms with E-state index in [9.17, 15) is 4.79 Å². The van der Waals surface area contributed by atoms with E-state index in [1.165, 1.54) is 0 Å². The highest BCUT2D eigenvalue weighted by atomic mass is 16.5. The van der Waals surface area contributed by atoms with E-state index in [0.29, 0.717) is 13.1 Å². The van der Waals surface area contributed by atoms with Crippen molar-refractivity contribution in [2.45, 2.75) is 26.9 Å². The Kier molecular flexibility index (Phi) is 6.26. The average molecular weight is 359 g/mol. The third-order valence-electron chi connectivity index (χ3n) is 4.69. The molecular formula is C24H25NO2. The Morgan fingerprint density at radius 1 is 0.778 bits per heavy atom. The van der Waals surface area contributed by atoms with Crippen molar-refractivity contribution in [3.05, 3.63) is 101 Å². The van der Waals surface area contributed by atoms with Gasteiger partial charge in [-0.05, 0) is 42.2 Å². The Bertz CT molecular complexity index is 834. The molecule has 3 rings (SSSR count). The first-order valence-corrected chi connectivity index (χ1v) is 9.18. The Morgan fingerprint density at radius 2 is 1.33 bits per heavy atom. The maximum absolute atomic E-state index is 12.9. The molecule has 0 heterocycles. The van der Waals surface area contributed by atoms with Crippen LogP contribution in [-0.4, -0.2) is 17.4 Å². The molecule has 3 aromatic rings. The summed E-state index contributed by atoms with van der Waals surface area (Å²) in [5, 5.41) is 0. The maximum Gasteiger partial charge on any atom is 0.261 e. The second kappa shape index (κ2) is 9.04. The van der Waals surface area contributed by atoms with Crippen molar-refractivity contribution in [3.8, 4) is 5.75 Å². The summed E-state index contributed by atoms with van der Waals surface area (Å²) in [5.41, 5.74) is 4.44. The lowest BCUT2D eigenvalue weighted by molar-refractivity contribution is -0.134. The number of nitrogens with zero attached hydrogens (tertiary/aromatic N) is 1. The number of rotatable bonds is 7. The van der Waals surface area contributed by atoms with Crippen molar-refractivity contribution in [3.63, 3.8) is 0 Å². The fourth-order valence-corrected chi connectivity index (χ4v) is 2.95. The first-order valence-electron chi connectivity index (χ1n) is 9.18. The molecule has 0 spiro atoms. The largest absolute Gasteiger partial charge is 0.483 e. The number of amides is 1. The smallest absolute Gasteiger partial charge is 0.261 e. The van der Waals surface area contributed by atoms with Crippen LogP contribution in [0.25, 0.3) is 0 Å². The number of aryl methyl sites for hydroxylation is 1. The second-order valence-corrected chi connectivity index (χ2v) is 6.71. The zero-order valence-corrected chi connectivity index (χ0v) is 15.9. The predicted molar refractivity (Wildman–Crippen MR) is 109 cm³/mol. The van der Waals surface area contributed by atoms with Gasteiger partial charge in [0.1, 0.15) is 5.75 Å². The summed E-state index contributed by atoms with van der Waals surface area (Å²) >= 11 is 0. The van der Waals surface area contributed by atoms with Crippen molar-refractivity contribution in [2.75, 3.05) is 6.61 Å². The predicted octanol–water partition coefficient (Wildman–Crippen LogP) is 4.91. The quantitative estimate of drug-likeness (QED) is 0.600. The van der Waals surface area contributed by atoms with Crippen LogP contribution >= 0.6 is 0 Å². The van der Waals surface area contributed by atoms with Gasteiger partial charge in [0.25, 0.3) is 5.91 Å². The van der Waals surface area contributed by atoms with Gasteiger partial charge in [0, 0.05) is 13.1 Å². The summed E-state index contributed by atoms with van der Waals surface area (Å²) in [6.07, 6.45) is 0. The number of benzene rings is 3. The van der Waals surface area contributed by atoms with Gasteiger partial charge in [0.05, 0.1) is 0 Å². The van der Waals surface area contributed by atoms with E-state index in [2.05, 4.69) is 0 Å². The van der Waals surface area contributed by atoms with Crippen LogP contribution in [0.15, 0.2) is 78.9 Å². The Labute approximate surface area is 161 Å². The standard InChI is InChI=1S/C24H25NO2/c1-19-10-9-15-23(20(19)2)27-18-24(26)25(16-21-11-5-3-6-12-21)17-22-13-7-4-8-14-22/h3-15H,16-18H2,1-2H3. The molecule has 0 aromatic heterocycles. The Balaban J connectivity index is 1.72. The van der Waals surface area contributed by atoms with Crippen LogP contribution in [-0.2, 0) is 17.9 Å². The zero-order valence-electron chi connectivity index (χ0n) is 15.9. The summed E-state index contributed by atoms with van der Waals surface area (Å²) in [5.74, 6) is 0.742. The molecule has 0 atom stereocenters. The fraction of sp³-hybridized carbons (Fsp3) is 0.208. The van der Waals surface area contributed by atoms with E-state index in [0.717, 1.165) is 28.0 Å². The lowest BCUT2D eigenvalue weighted by Gasteiger charge is -2.23. The molecule has 0 radical (unpaired) electrons. The van der Waals surface area contributed by atoms with E-state index >= 15 is 0 Å². The molecule has 0 N–H and O–H groups in total. The molecule has 1 amide bonds. The summed E-state index contributed by atoms with van der Waals surface area (Å²) in [4.78, 5) is 14.8. The van der Waals surface area contributed by atoms with Crippen LogP contribution in [0, 0.1) is 13.8 Å². The molecule has 0 unspecified atom stereocenters. The lowest BCUT2D eigenvalue weighted by Crippen LogP contribution is -2.34. The molecule has 0 saturated heterocycles. The highest BCUT2D eigenvalue weighted by Crippen LogP contribution is 2.21. The Morgan fingerprint density at radius 3 is 1.89 bits per heavy atom. The SMILES string of the molecule is Cc1cccc(OCC(=O)N(Cc2ccccc2)Cc2ccccc2)c1C. The van der Waals surface area contributed by atoms with Crippen LogP contribution in [0.4, 0.5) is 0 Å². The molecule has 0 aliphatic carbocycles. The van der Waals surface area contributed by atoms with Gasteiger partial charge in [-0.25, -0.2) is 0 Å². The average Bonchev–Trinajstić information content (AvgIpc) is 2.70. The number of carbonyl (C=O) groups excluding carboxylic acids is 1. The van der Waals surface area contributed by atoms with Gasteiger partial charge in [-0.15, -0.1) is 0 Å². The minimum absolute atomic E-state index is 0.0244. The monoisotopic (exact) mass is 359 g/mol. The fourth-order valence-electron chi connectivity index (χ4n) is 2.95. The Hall–Kier alpha value is -3.07. The van der Waals surface area contributed by atoms with Crippen LogP contribution in [0.3, 0.4) is 0 Å². The second-order valence-electron chi connectivity index (χ2n) is 6.71. The number of carbonyl (C=O) groups is 1. The van der Waals surface area contributed by atoms with Gasteiger partial charge in [0.15, 0.2) is 6.61 Å². The summed E-state index contributed by atoms with van der Waals surface area (Å²) in [7, 11) is 0. The van der Waals surface area contributed by atoms with Crippen molar-refractivity contribution >= 4 is 5.91 Å². The molecule has 3 aromatic carbocycles. The van der Waals surface area contributed by atoms with Crippen LogP contribution in [0.2, 0.25) is 0 Å². The maximum atomic E-state index is 12.9. The van der Waals surface area contributed by atoms with E-state index in [-0.39, 0.29) is 12.5 Å². The van der Waals surface area contributed by atoms with Gasteiger partial charge in [-0.1, -0.05) is 72.8 Å². The number of ether oxygens (including phenoxy) is 1. The van der Waals surface area contributed by atoms with Crippen molar-refractivity contribution in [1.82, 2.24) is 4.90 Å². The molecule has 0 fully saturated rings. The summed E-state index contributed by atoms with van der Waals surface area (Å²) in [6.45, 7) is 5.21. The first-order chi connectivity index (χ1) is 13.1. The highest BCUT2D eigenvalue weighted by Gasteiger charge is 2.16. The topological polar surface area (TPSA) is 29.5 Å². The molecule has 3 heteroatoms. The van der Waals surface area contributed by atoms with Gasteiger partial charge in [0.2, 0.25) is 0 Å². The van der Waals surface area contributed by atoms with Crippen LogP contribution < -0.4 is 4.74 Å². The van der Waals surface area contributed by atoms with Gasteiger partial charge < -0.3 is 9.64 Å². The minimum Gasteiger partial charge on any atom is -0.483 e. The zero-order chi connectivity index (χ0) is 19.1.